The van der Waals surface area contributed by atoms with Gasteiger partial charge in [-0.2, -0.15) is 0 Å². The molecule has 142 valence electrons. The smallest absolute Gasteiger partial charge is 0.319 e. The van der Waals surface area contributed by atoms with Crippen LogP contribution in [-0.4, -0.2) is 23.4 Å². The topological polar surface area (TPSA) is 61.4 Å². The largest absolute Gasteiger partial charge is 0.338 e. The summed E-state index contributed by atoms with van der Waals surface area (Å²) in [7, 11) is 0. The molecule has 1 saturated heterocycles. The van der Waals surface area contributed by atoms with Gasteiger partial charge in [0.15, 0.2) is 0 Å². The molecule has 3 amide bonds. The van der Waals surface area contributed by atoms with Crippen LogP contribution in [0.1, 0.15) is 30.9 Å². The van der Waals surface area contributed by atoms with Gasteiger partial charge in [-0.3, -0.25) is 4.79 Å². The number of nitrogens with one attached hydrogen (secondary N) is 2. The van der Waals surface area contributed by atoms with Crippen molar-refractivity contribution in [2.24, 2.45) is 5.92 Å². The summed E-state index contributed by atoms with van der Waals surface area (Å²) in [5.41, 5.74) is 2.75. The fourth-order valence-corrected chi connectivity index (χ4v) is 3.20. The van der Waals surface area contributed by atoms with E-state index in [1.807, 2.05) is 41.3 Å². The summed E-state index contributed by atoms with van der Waals surface area (Å²) in [5.74, 6) is 0.698. The van der Waals surface area contributed by atoms with E-state index < -0.39 is 0 Å². The van der Waals surface area contributed by atoms with Gasteiger partial charge in [0.1, 0.15) is 0 Å². The van der Waals surface area contributed by atoms with E-state index in [9.17, 15) is 9.59 Å². The van der Waals surface area contributed by atoms with E-state index in [0.29, 0.717) is 36.1 Å². The number of carbonyl (C=O) groups excluding carboxylic acids is 2. The summed E-state index contributed by atoms with van der Waals surface area (Å²) >= 11 is 5.85. The Labute approximate surface area is 164 Å². The molecule has 3 rings (SSSR count). The molecule has 1 aliphatic heterocycles. The minimum Gasteiger partial charge on any atom is -0.338 e. The van der Waals surface area contributed by atoms with Gasteiger partial charge >= 0.3 is 6.03 Å². The molecule has 1 aliphatic rings. The number of rotatable bonds is 5. The third-order valence-corrected chi connectivity index (χ3v) is 4.97. The van der Waals surface area contributed by atoms with Gasteiger partial charge in [0.05, 0.1) is 0 Å². The first-order valence-electron chi connectivity index (χ1n) is 9.15. The van der Waals surface area contributed by atoms with Crippen molar-refractivity contribution in [1.82, 2.24) is 10.2 Å². The molecule has 5 nitrogen and oxygen atoms in total. The SMILES string of the molecule is CC1CCN(Cc2ccc(NC(=O)NCc3ccc(Cl)cc3)cc2)C(=O)C1. The summed E-state index contributed by atoms with van der Waals surface area (Å²) in [6.07, 6.45) is 1.69. The van der Waals surface area contributed by atoms with Crippen molar-refractivity contribution >= 4 is 29.2 Å². The lowest BCUT2D eigenvalue weighted by atomic mass is 9.98. The van der Waals surface area contributed by atoms with E-state index >= 15 is 0 Å². The summed E-state index contributed by atoms with van der Waals surface area (Å²) in [6, 6.07) is 14.7. The predicted molar refractivity (Wildman–Crippen MR) is 108 cm³/mol. The molecular formula is C21H24ClN3O2. The van der Waals surface area contributed by atoms with Crippen LogP contribution in [0, 0.1) is 5.92 Å². The molecule has 0 radical (unpaired) electrons. The van der Waals surface area contributed by atoms with Crippen LogP contribution in [-0.2, 0) is 17.9 Å². The summed E-state index contributed by atoms with van der Waals surface area (Å²) in [6.45, 7) is 3.98. The highest BCUT2D eigenvalue weighted by atomic mass is 35.5. The zero-order chi connectivity index (χ0) is 19.2. The van der Waals surface area contributed by atoms with Crippen LogP contribution in [0.25, 0.3) is 0 Å². The molecule has 1 fully saturated rings. The Bertz CT molecular complexity index is 790. The van der Waals surface area contributed by atoms with Gasteiger partial charge < -0.3 is 15.5 Å². The number of likely N-dealkylation sites (tertiary alicyclic amines) is 1. The van der Waals surface area contributed by atoms with Crippen molar-refractivity contribution in [1.29, 1.82) is 0 Å². The lowest BCUT2D eigenvalue weighted by Crippen LogP contribution is -2.37. The summed E-state index contributed by atoms with van der Waals surface area (Å²) in [5, 5.41) is 6.29. The molecule has 27 heavy (non-hydrogen) atoms. The molecule has 0 spiro atoms. The average molecular weight is 386 g/mol. The molecule has 6 heteroatoms. The second-order valence-corrected chi connectivity index (χ2v) is 7.48. The Balaban J connectivity index is 1.47. The minimum atomic E-state index is -0.266. The number of anilines is 1. The Morgan fingerprint density at radius 3 is 2.44 bits per heavy atom. The van der Waals surface area contributed by atoms with Crippen molar-refractivity contribution in [3.8, 4) is 0 Å². The first-order chi connectivity index (χ1) is 13.0. The maximum Gasteiger partial charge on any atom is 0.319 e. The second-order valence-electron chi connectivity index (χ2n) is 7.04. The molecule has 0 bridgehead atoms. The zero-order valence-electron chi connectivity index (χ0n) is 15.4. The van der Waals surface area contributed by atoms with Gasteiger partial charge in [0.2, 0.25) is 5.91 Å². The van der Waals surface area contributed by atoms with Gasteiger partial charge in [-0.25, -0.2) is 4.79 Å². The van der Waals surface area contributed by atoms with Gasteiger partial charge in [0, 0.05) is 36.8 Å². The lowest BCUT2D eigenvalue weighted by molar-refractivity contribution is -0.135. The molecule has 2 aromatic carbocycles. The fraction of sp³-hybridized carbons (Fsp3) is 0.333. The average Bonchev–Trinajstić information content (AvgIpc) is 2.65. The Kier molecular flexibility index (Phi) is 6.35. The monoisotopic (exact) mass is 385 g/mol. The third-order valence-electron chi connectivity index (χ3n) is 4.72. The maximum atomic E-state index is 12.1. The number of carbonyl (C=O) groups is 2. The van der Waals surface area contributed by atoms with Crippen molar-refractivity contribution < 1.29 is 9.59 Å². The summed E-state index contributed by atoms with van der Waals surface area (Å²) in [4.78, 5) is 26.0. The number of piperidine rings is 1. The van der Waals surface area contributed by atoms with Crippen LogP contribution in [0.5, 0.6) is 0 Å². The number of hydrogen-bond acceptors (Lipinski definition) is 2. The number of halogens is 1. The summed E-state index contributed by atoms with van der Waals surface area (Å²) < 4.78 is 0. The van der Waals surface area contributed by atoms with E-state index in [0.717, 1.165) is 24.1 Å². The Morgan fingerprint density at radius 1 is 1.11 bits per heavy atom. The van der Waals surface area contributed by atoms with Crippen LogP contribution < -0.4 is 10.6 Å². The number of benzene rings is 2. The highest BCUT2D eigenvalue weighted by molar-refractivity contribution is 6.30. The first kappa shape index (κ1) is 19.2. The Morgan fingerprint density at radius 2 is 1.78 bits per heavy atom. The molecule has 1 atom stereocenters. The minimum absolute atomic E-state index is 0.220. The highest BCUT2D eigenvalue weighted by Crippen LogP contribution is 2.20. The van der Waals surface area contributed by atoms with Crippen molar-refractivity contribution in [2.75, 3.05) is 11.9 Å². The maximum absolute atomic E-state index is 12.1. The van der Waals surface area contributed by atoms with Crippen LogP contribution in [0.3, 0.4) is 0 Å². The fourth-order valence-electron chi connectivity index (χ4n) is 3.07. The number of hydrogen-bond donors (Lipinski definition) is 2. The van der Waals surface area contributed by atoms with Crippen LogP contribution in [0.15, 0.2) is 48.5 Å². The first-order valence-corrected chi connectivity index (χ1v) is 9.53. The Hall–Kier alpha value is -2.53. The van der Waals surface area contributed by atoms with Crippen LogP contribution in [0.4, 0.5) is 10.5 Å². The van der Waals surface area contributed by atoms with Crippen molar-refractivity contribution in [2.45, 2.75) is 32.9 Å². The molecule has 1 heterocycles. The molecule has 0 saturated carbocycles. The molecule has 0 aromatic heterocycles. The normalized spacial score (nSPS) is 16.9. The van der Waals surface area contributed by atoms with E-state index in [2.05, 4.69) is 17.6 Å². The molecular weight excluding hydrogens is 362 g/mol. The third kappa shape index (κ3) is 5.73. The molecule has 2 aromatic rings. The molecule has 0 aliphatic carbocycles. The molecule has 2 N–H and O–H groups in total. The van der Waals surface area contributed by atoms with Gasteiger partial charge in [-0.1, -0.05) is 42.8 Å². The molecule has 1 unspecified atom stereocenters. The standard InChI is InChI=1S/C21H24ClN3O2/c1-15-10-11-25(20(26)12-15)14-17-4-8-19(9-5-17)24-21(27)23-13-16-2-6-18(22)7-3-16/h2-9,15H,10-14H2,1H3,(H2,23,24,27). The predicted octanol–water partition coefficient (Wildman–Crippen LogP) is 4.42. The quantitative estimate of drug-likeness (QED) is 0.800. The van der Waals surface area contributed by atoms with Crippen molar-refractivity contribution in [3.63, 3.8) is 0 Å². The van der Waals surface area contributed by atoms with Gasteiger partial charge in [-0.05, 0) is 47.7 Å². The van der Waals surface area contributed by atoms with E-state index in [1.165, 1.54) is 0 Å². The zero-order valence-corrected chi connectivity index (χ0v) is 16.1. The van der Waals surface area contributed by atoms with Crippen LogP contribution >= 0.6 is 11.6 Å². The van der Waals surface area contributed by atoms with E-state index in [1.54, 1.807) is 12.1 Å². The van der Waals surface area contributed by atoms with Crippen LogP contribution in [0.2, 0.25) is 5.02 Å². The van der Waals surface area contributed by atoms with Gasteiger partial charge in [-0.15, -0.1) is 0 Å². The lowest BCUT2D eigenvalue weighted by Gasteiger charge is -2.30. The van der Waals surface area contributed by atoms with E-state index in [-0.39, 0.29) is 11.9 Å². The number of urea groups is 1. The van der Waals surface area contributed by atoms with E-state index in [4.69, 9.17) is 11.6 Å². The number of nitrogens with zero attached hydrogens (tertiary/aromatic N) is 1. The highest BCUT2D eigenvalue weighted by Gasteiger charge is 2.22. The number of amides is 3. The van der Waals surface area contributed by atoms with Crippen molar-refractivity contribution in [3.05, 3.63) is 64.7 Å². The second kappa shape index (κ2) is 8.91. The van der Waals surface area contributed by atoms with Gasteiger partial charge in [0.25, 0.3) is 0 Å².